The second-order valence-electron chi connectivity index (χ2n) is 8.01. The van der Waals surface area contributed by atoms with Gasteiger partial charge in [0, 0.05) is 17.5 Å². The molecule has 0 aliphatic heterocycles. The first-order valence-corrected chi connectivity index (χ1v) is 12.0. The van der Waals surface area contributed by atoms with Gasteiger partial charge in [-0.3, -0.25) is 14.9 Å². The molecule has 1 aromatic heterocycles. The molecular weight excluding hydrogens is 456 g/mol. The van der Waals surface area contributed by atoms with Gasteiger partial charge in [-0.05, 0) is 22.4 Å². The van der Waals surface area contributed by atoms with E-state index in [0.29, 0.717) is 22.1 Å². The molecule has 7 heteroatoms. The van der Waals surface area contributed by atoms with Crippen LogP contribution in [0.15, 0.2) is 103 Å². The van der Waals surface area contributed by atoms with Crippen LogP contribution >= 0.6 is 11.3 Å². The highest BCUT2D eigenvalue weighted by molar-refractivity contribution is 7.18. The molecule has 5 rings (SSSR count). The van der Waals surface area contributed by atoms with Gasteiger partial charge in [-0.1, -0.05) is 108 Å². The molecule has 0 aliphatic rings. The Kier molecular flexibility index (Phi) is 6.59. The molecule has 172 valence electrons. The average Bonchev–Trinajstić information content (AvgIpc) is 3.37. The Morgan fingerprint density at radius 1 is 0.771 bits per heavy atom. The first-order valence-electron chi connectivity index (χ1n) is 11.2. The van der Waals surface area contributed by atoms with Crippen molar-refractivity contribution in [3.8, 4) is 10.6 Å². The fourth-order valence-corrected chi connectivity index (χ4v) is 4.63. The summed E-state index contributed by atoms with van der Waals surface area (Å²) in [6.45, 7) is 0. The minimum atomic E-state index is -0.798. The molecule has 35 heavy (non-hydrogen) atoms. The molecule has 0 saturated heterocycles. The first-order chi connectivity index (χ1) is 17.2. The molecule has 5 aromatic rings. The van der Waals surface area contributed by atoms with Crippen molar-refractivity contribution in [2.45, 2.75) is 12.5 Å². The highest BCUT2D eigenvalue weighted by atomic mass is 32.1. The monoisotopic (exact) mass is 478 g/mol. The minimum absolute atomic E-state index is 0.305. The number of aromatic nitrogens is 2. The quantitative estimate of drug-likeness (QED) is 0.331. The van der Waals surface area contributed by atoms with Crippen molar-refractivity contribution < 1.29 is 9.59 Å². The van der Waals surface area contributed by atoms with Crippen molar-refractivity contribution in [1.29, 1.82) is 0 Å². The van der Waals surface area contributed by atoms with E-state index in [1.807, 2.05) is 97.1 Å². The summed E-state index contributed by atoms with van der Waals surface area (Å²) in [7, 11) is 0. The third-order valence-electron chi connectivity index (χ3n) is 5.61. The van der Waals surface area contributed by atoms with Gasteiger partial charge in [0.2, 0.25) is 11.0 Å². The zero-order valence-corrected chi connectivity index (χ0v) is 19.5. The Balaban J connectivity index is 1.38. The molecular formula is C28H22N4O2S. The summed E-state index contributed by atoms with van der Waals surface area (Å²) < 4.78 is 0. The normalized spacial score (nSPS) is 11.7. The molecule has 0 fully saturated rings. The number of benzene rings is 4. The van der Waals surface area contributed by atoms with Gasteiger partial charge in [0.25, 0.3) is 5.91 Å². The summed E-state index contributed by atoms with van der Waals surface area (Å²) in [6.07, 6.45) is 0.341. The van der Waals surface area contributed by atoms with Crippen LogP contribution in [0.4, 0.5) is 5.13 Å². The summed E-state index contributed by atoms with van der Waals surface area (Å²) in [6, 6.07) is 31.7. The minimum Gasteiger partial charge on any atom is -0.340 e. The van der Waals surface area contributed by atoms with E-state index >= 15 is 0 Å². The highest BCUT2D eigenvalue weighted by Crippen LogP contribution is 2.26. The number of nitrogens with one attached hydrogen (secondary N) is 2. The topological polar surface area (TPSA) is 84.0 Å². The number of fused-ring (bicyclic) bond motifs is 1. The largest absolute Gasteiger partial charge is 0.340 e. The number of hydrogen-bond donors (Lipinski definition) is 2. The molecule has 0 spiro atoms. The molecule has 2 amide bonds. The van der Waals surface area contributed by atoms with Crippen LogP contribution in [-0.2, 0) is 11.2 Å². The lowest BCUT2D eigenvalue weighted by atomic mass is 10.0. The number of rotatable bonds is 7. The third-order valence-corrected chi connectivity index (χ3v) is 6.50. The molecule has 1 heterocycles. The lowest BCUT2D eigenvalue weighted by molar-refractivity contribution is -0.118. The number of anilines is 1. The van der Waals surface area contributed by atoms with E-state index in [-0.39, 0.29) is 11.8 Å². The van der Waals surface area contributed by atoms with Crippen LogP contribution in [0, 0.1) is 0 Å². The zero-order valence-electron chi connectivity index (χ0n) is 18.7. The number of nitrogens with zero attached hydrogens (tertiary/aromatic N) is 2. The van der Waals surface area contributed by atoms with Gasteiger partial charge in [0.05, 0.1) is 0 Å². The highest BCUT2D eigenvalue weighted by Gasteiger charge is 2.24. The molecule has 0 aliphatic carbocycles. The standard InChI is InChI=1S/C28H22N4O2S/c33-25(23-17-9-15-20-12-7-8-16-22(20)23)29-24(18-19-10-3-1-4-11-19)26(34)30-28-32-31-27(35-28)21-13-5-2-6-14-21/h1-17,24H,18H2,(H,29,33)(H,30,32,34). The van der Waals surface area contributed by atoms with Gasteiger partial charge in [-0.25, -0.2) is 0 Å². The van der Waals surface area contributed by atoms with Crippen LogP contribution in [0.2, 0.25) is 0 Å². The molecule has 0 bridgehead atoms. The number of carbonyl (C=O) groups is 2. The second kappa shape index (κ2) is 10.3. The molecule has 1 unspecified atom stereocenters. The number of hydrogen-bond acceptors (Lipinski definition) is 5. The Hall–Kier alpha value is -4.36. The summed E-state index contributed by atoms with van der Waals surface area (Å²) in [5, 5.41) is 17.0. The van der Waals surface area contributed by atoms with Crippen molar-refractivity contribution in [3.63, 3.8) is 0 Å². The predicted molar refractivity (Wildman–Crippen MR) is 139 cm³/mol. The number of carbonyl (C=O) groups excluding carboxylic acids is 2. The van der Waals surface area contributed by atoms with Crippen LogP contribution in [0.1, 0.15) is 15.9 Å². The summed E-state index contributed by atoms with van der Waals surface area (Å²) in [4.78, 5) is 26.6. The van der Waals surface area contributed by atoms with Gasteiger partial charge in [-0.15, -0.1) is 10.2 Å². The van der Waals surface area contributed by atoms with E-state index in [1.54, 1.807) is 6.07 Å². The lowest BCUT2D eigenvalue weighted by Gasteiger charge is -2.18. The maximum atomic E-state index is 13.3. The van der Waals surface area contributed by atoms with Crippen molar-refractivity contribution in [2.75, 3.05) is 5.32 Å². The van der Waals surface area contributed by atoms with E-state index < -0.39 is 6.04 Å². The van der Waals surface area contributed by atoms with E-state index in [4.69, 9.17) is 0 Å². The summed E-state index contributed by atoms with van der Waals surface area (Å²) in [5.41, 5.74) is 2.39. The second-order valence-corrected chi connectivity index (χ2v) is 8.99. The number of amides is 2. The zero-order chi connectivity index (χ0) is 24.0. The van der Waals surface area contributed by atoms with E-state index in [0.717, 1.165) is 21.9 Å². The lowest BCUT2D eigenvalue weighted by Crippen LogP contribution is -2.45. The molecule has 1 atom stereocenters. The fourth-order valence-electron chi connectivity index (χ4n) is 3.88. The van der Waals surface area contributed by atoms with Crippen molar-refractivity contribution in [1.82, 2.24) is 15.5 Å². The van der Waals surface area contributed by atoms with Crippen LogP contribution in [-0.4, -0.2) is 28.1 Å². The fraction of sp³-hybridized carbons (Fsp3) is 0.0714. The predicted octanol–water partition coefficient (Wildman–Crippen LogP) is 5.34. The smallest absolute Gasteiger partial charge is 0.252 e. The van der Waals surface area contributed by atoms with Gasteiger partial charge in [-0.2, -0.15) is 0 Å². The van der Waals surface area contributed by atoms with E-state index in [1.165, 1.54) is 11.3 Å². The SMILES string of the molecule is O=C(NC(Cc1ccccc1)C(=O)Nc1nnc(-c2ccccc2)s1)c1cccc2ccccc12. The van der Waals surface area contributed by atoms with Gasteiger partial charge >= 0.3 is 0 Å². The van der Waals surface area contributed by atoms with Crippen LogP contribution < -0.4 is 10.6 Å². The maximum Gasteiger partial charge on any atom is 0.252 e. The Bertz CT molecular complexity index is 1460. The van der Waals surface area contributed by atoms with Crippen molar-refractivity contribution >= 4 is 39.1 Å². The van der Waals surface area contributed by atoms with Crippen molar-refractivity contribution in [3.05, 3.63) is 114 Å². The van der Waals surface area contributed by atoms with Gasteiger partial charge < -0.3 is 5.32 Å². The molecule has 0 saturated carbocycles. The van der Waals surface area contributed by atoms with E-state index in [2.05, 4.69) is 20.8 Å². The van der Waals surface area contributed by atoms with Gasteiger partial charge in [0.1, 0.15) is 11.0 Å². The Morgan fingerprint density at radius 3 is 2.26 bits per heavy atom. The first kappa shape index (κ1) is 22.4. The Morgan fingerprint density at radius 2 is 1.46 bits per heavy atom. The molecule has 4 aromatic carbocycles. The third kappa shape index (κ3) is 5.26. The Labute approximate surface area is 206 Å². The summed E-state index contributed by atoms with van der Waals surface area (Å²) in [5.74, 6) is -0.654. The molecule has 6 nitrogen and oxygen atoms in total. The van der Waals surface area contributed by atoms with Crippen LogP contribution in [0.25, 0.3) is 21.3 Å². The maximum absolute atomic E-state index is 13.3. The molecule has 0 radical (unpaired) electrons. The summed E-state index contributed by atoms with van der Waals surface area (Å²) >= 11 is 1.29. The van der Waals surface area contributed by atoms with Crippen LogP contribution in [0.5, 0.6) is 0 Å². The van der Waals surface area contributed by atoms with E-state index in [9.17, 15) is 9.59 Å². The van der Waals surface area contributed by atoms with Crippen LogP contribution in [0.3, 0.4) is 0 Å². The molecule has 2 N–H and O–H groups in total. The van der Waals surface area contributed by atoms with Crippen molar-refractivity contribution in [2.24, 2.45) is 0 Å². The average molecular weight is 479 g/mol. The van der Waals surface area contributed by atoms with Gasteiger partial charge in [0.15, 0.2) is 0 Å².